The van der Waals surface area contributed by atoms with Crippen LogP contribution in [-0.4, -0.2) is 25.7 Å². The lowest BCUT2D eigenvalue weighted by atomic mass is 10.2. The van der Waals surface area contributed by atoms with Crippen molar-refractivity contribution in [2.75, 3.05) is 5.32 Å². The Kier molecular flexibility index (Phi) is 4.82. The first-order chi connectivity index (χ1) is 13.0. The smallest absolute Gasteiger partial charge is 0.257 e. The Hall–Kier alpha value is -2.48. The van der Waals surface area contributed by atoms with Crippen molar-refractivity contribution >= 4 is 51.1 Å². The van der Waals surface area contributed by atoms with Crippen molar-refractivity contribution in [1.82, 2.24) is 19.8 Å². The molecule has 2 aromatic heterocycles. The van der Waals surface area contributed by atoms with E-state index in [0.29, 0.717) is 21.3 Å². The number of carbonyl (C=O) groups is 1. The quantitative estimate of drug-likeness (QED) is 0.508. The van der Waals surface area contributed by atoms with Gasteiger partial charge in [0.15, 0.2) is 5.82 Å². The van der Waals surface area contributed by atoms with Gasteiger partial charge in [-0.25, -0.2) is 0 Å². The summed E-state index contributed by atoms with van der Waals surface area (Å²) in [4.78, 5) is 13.1. The zero-order valence-electron chi connectivity index (χ0n) is 14.1. The van der Waals surface area contributed by atoms with Crippen LogP contribution in [0.2, 0.25) is 10.0 Å². The van der Waals surface area contributed by atoms with Gasteiger partial charge in [0.05, 0.1) is 10.6 Å². The molecule has 0 radical (unpaired) electrons. The summed E-state index contributed by atoms with van der Waals surface area (Å²) < 4.78 is 1.76. The van der Waals surface area contributed by atoms with Crippen molar-refractivity contribution in [2.45, 2.75) is 13.3 Å². The van der Waals surface area contributed by atoms with Crippen molar-refractivity contribution in [2.24, 2.45) is 0 Å². The maximum absolute atomic E-state index is 12.4. The van der Waals surface area contributed by atoms with Crippen molar-refractivity contribution in [3.05, 3.63) is 63.9 Å². The first-order valence-electron chi connectivity index (χ1n) is 8.13. The number of hydrogen-bond acceptors (Lipinski definition) is 5. The van der Waals surface area contributed by atoms with Gasteiger partial charge >= 0.3 is 0 Å². The summed E-state index contributed by atoms with van der Waals surface area (Å²) in [5.74, 6) is 0.534. The Balaban J connectivity index is 1.54. The van der Waals surface area contributed by atoms with Gasteiger partial charge in [0.1, 0.15) is 5.01 Å². The third-order valence-corrected chi connectivity index (χ3v) is 5.43. The maximum Gasteiger partial charge on any atom is 0.257 e. The number of halogens is 2. The molecule has 2 heterocycles. The van der Waals surface area contributed by atoms with Crippen molar-refractivity contribution in [1.29, 1.82) is 0 Å². The number of hydrogen-bond donors (Lipinski definition) is 1. The third-order valence-electron chi connectivity index (χ3n) is 3.94. The van der Waals surface area contributed by atoms with Gasteiger partial charge in [-0.2, -0.15) is 9.61 Å². The summed E-state index contributed by atoms with van der Waals surface area (Å²) >= 11 is 13.4. The second-order valence-corrected chi connectivity index (χ2v) is 7.53. The molecule has 1 N–H and O–H groups in total. The molecule has 4 rings (SSSR count). The summed E-state index contributed by atoms with van der Waals surface area (Å²) in [7, 11) is 0. The van der Waals surface area contributed by atoms with Crippen LogP contribution < -0.4 is 5.32 Å². The Labute approximate surface area is 168 Å². The second kappa shape index (κ2) is 7.26. The molecule has 4 aromatic rings. The fourth-order valence-corrected chi connectivity index (χ4v) is 3.92. The number of nitrogens with zero attached hydrogens (tertiary/aromatic N) is 4. The van der Waals surface area contributed by atoms with Crippen LogP contribution in [0.1, 0.15) is 23.1 Å². The molecule has 0 aliphatic carbocycles. The second-order valence-electron chi connectivity index (χ2n) is 5.73. The summed E-state index contributed by atoms with van der Waals surface area (Å²) in [6.45, 7) is 2.01. The molecule has 0 unspecified atom stereocenters. The highest BCUT2D eigenvalue weighted by atomic mass is 35.5. The summed E-state index contributed by atoms with van der Waals surface area (Å²) in [6.07, 6.45) is 0.766. The number of amides is 1. The van der Waals surface area contributed by atoms with Gasteiger partial charge in [-0.05, 0) is 42.5 Å². The molecule has 0 saturated heterocycles. The van der Waals surface area contributed by atoms with Crippen LogP contribution in [-0.2, 0) is 6.42 Å². The number of aromatic nitrogens is 4. The van der Waals surface area contributed by atoms with Crippen LogP contribution in [0.15, 0.2) is 42.5 Å². The minimum absolute atomic E-state index is 0.296. The fraction of sp³-hybridized carbons (Fsp3) is 0.111. The monoisotopic (exact) mass is 417 g/mol. The number of carbonyl (C=O) groups excluding carboxylic acids is 1. The molecule has 9 heteroatoms. The highest BCUT2D eigenvalue weighted by molar-refractivity contribution is 7.19. The van der Waals surface area contributed by atoms with E-state index in [0.717, 1.165) is 27.8 Å². The Morgan fingerprint density at radius 1 is 1.15 bits per heavy atom. The summed E-state index contributed by atoms with van der Waals surface area (Å²) in [5, 5.41) is 17.2. The molecule has 27 heavy (non-hydrogen) atoms. The predicted octanol–water partition coefficient (Wildman–Crippen LogP) is 4.97. The zero-order chi connectivity index (χ0) is 19.0. The molecule has 1 amide bonds. The number of nitrogens with one attached hydrogen (secondary N) is 1. The minimum Gasteiger partial charge on any atom is -0.322 e. The predicted molar refractivity (Wildman–Crippen MR) is 108 cm³/mol. The van der Waals surface area contributed by atoms with E-state index in [-0.39, 0.29) is 5.91 Å². The van der Waals surface area contributed by atoms with Gasteiger partial charge in [0, 0.05) is 22.7 Å². The highest BCUT2D eigenvalue weighted by Gasteiger charge is 2.13. The van der Waals surface area contributed by atoms with E-state index in [1.54, 1.807) is 22.7 Å². The largest absolute Gasteiger partial charge is 0.322 e. The van der Waals surface area contributed by atoms with E-state index < -0.39 is 0 Å². The van der Waals surface area contributed by atoms with Crippen LogP contribution in [0.5, 0.6) is 0 Å². The van der Waals surface area contributed by atoms with Crippen molar-refractivity contribution in [3.63, 3.8) is 0 Å². The van der Waals surface area contributed by atoms with Gasteiger partial charge in [0.2, 0.25) is 4.96 Å². The summed E-state index contributed by atoms with van der Waals surface area (Å²) in [6, 6.07) is 12.2. The van der Waals surface area contributed by atoms with Crippen molar-refractivity contribution < 1.29 is 4.79 Å². The summed E-state index contributed by atoms with van der Waals surface area (Å²) in [5.41, 5.74) is 1.97. The van der Waals surface area contributed by atoms with Gasteiger partial charge < -0.3 is 5.32 Å². The maximum atomic E-state index is 12.4. The van der Waals surface area contributed by atoms with E-state index in [4.69, 9.17) is 23.2 Å². The van der Waals surface area contributed by atoms with E-state index in [1.807, 2.05) is 31.2 Å². The molecule has 0 fully saturated rings. The first-order valence-corrected chi connectivity index (χ1v) is 9.70. The third kappa shape index (κ3) is 3.53. The molecule has 136 valence electrons. The average Bonchev–Trinajstić information content (AvgIpc) is 3.22. The van der Waals surface area contributed by atoms with Crippen LogP contribution in [0.4, 0.5) is 5.69 Å². The van der Waals surface area contributed by atoms with Gasteiger partial charge in [0.25, 0.3) is 5.91 Å². The molecular formula is C18H13Cl2N5OS. The SMILES string of the molecule is CCc1nnc2sc(-c3ccc(NC(=O)c4ccc(Cl)cc4Cl)cc3)nn12. The first kappa shape index (κ1) is 17.9. The number of rotatable bonds is 4. The normalized spacial score (nSPS) is 11.1. The number of fused-ring (bicyclic) bond motifs is 1. The standard InChI is InChI=1S/C18H13Cl2N5OS/c1-2-15-22-23-18-25(15)24-17(27-18)10-3-6-12(7-4-10)21-16(26)13-8-5-11(19)9-14(13)20/h3-9H,2H2,1H3,(H,21,26). The molecule has 0 aliphatic heterocycles. The van der Waals surface area contributed by atoms with Gasteiger partial charge in [-0.3, -0.25) is 4.79 Å². The van der Waals surface area contributed by atoms with E-state index >= 15 is 0 Å². The number of anilines is 1. The number of aryl methyl sites for hydroxylation is 1. The van der Waals surface area contributed by atoms with Gasteiger partial charge in [-0.15, -0.1) is 10.2 Å². The van der Waals surface area contributed by atoms with Crippen LogP contribution in [0.3, 0.4) is 0 Å². The van der Waals surface area contributed by atoms with Gasteiger partial charge in [-0.1, -0.05) is 41.5 Å². The lowest BCUT2D eigenvalue weighted by Crippen LogP contribution is -2.12. The average molecular weight is 418 g/mol. The lowest BCUT2D eigenvalue weighted by molar-refractivity contribution is 0.102. The number of benzene rings is 2. The molecular weight excluding hydrogens is 405 g/mol. The van der Waals surface area contributed by atoms with Crippen LogP contribution in [0.25, 0.3) is 15.5 Å². The van der Waals surface area contributed by atoms with E-state index in [1.165, 1.54) is 11.3 Å². The molecule has 6 nitrogen and oxygen atoms in total. The Morgan fingerprint density at radius 2 is 1.93 bits per heavy atom. The topological polar surface area (TPSA) is 72.2 Å². The fourth-order valence-electron chi connectivity index (χ4n) is 2.56. The molecule has 0 spiro atoms. The highest BCUT2D eigenvalue weighted by Crippen LogP contribution is 2.27. The molecule has 0 atom stereocenters. The van der Waals surface area contributed by atoms with Crippen molar-refractivity contribution in [3.8, 4) is 10.6 Å². The molecule has 0 bridgehead atoms. The Morgan fingerprint density at radius 3 is 2.63 bits per heavy atom. The Bertz CT molecular complexity index is 1140. The van der Waals surface area contributed by atoms with Crippen LogP contribution in [0, 0.1) is 0 Å². The van der Waals surface area contributed by atoms with E-state index in [2.05, 4.69) is 20.6 Å². The molecule has 2 aromatic carbocycles. The molecule has 0 saturated carbocycles. The minimum atomic E-state index is -0.296. The molecule has 0 aliphatic rings. The van der Waals surface area contributed by atoms with E-state index in [9.17, 15) is 4.79 Å². The lowest BCUT2D eigenvalue weighted by Gasteiger charge is -2.07. The van der Waals surface area contributed by atoms with Crippen LogP contribution >= 0.6 is 34.5 Å². The zero-order valence-corrected chi connectivity index (χ0v) is 16.4.